The van der Waals surface area contributed by atoms with Crippen LogP contribution in [0.4, 0.5) is 0 Å². The maximum Gasteiger partial charge on any atom is 0.378 e. The first-order valence-electron chi connectivity index (χ1n) is 7.19. The molecule has 3 unspecified atom stereocenters. The van der Waals surface area contributed by atoms with Crippen LogP contribution in [0.3, 0.4) is 0 Å². The fraction of sp³-hybridized carbons (Fsp3) is 0.400. The van der Waals surface area contributed by atoms with E-state index >= 15 is 0 Å². The standard InChI is InChI=1S/C15H14BNO5S/c16-22-15(20)12-8-17-13(19)11(14(17)23(12)21)7-10(18)6-9-4-2-1-3-5-9/h1-5,11-12,14H,6-8H2/t11?,12?,14-,23?/m1/s1. The van der Waals surface area contributed by atoms with Crippen molar-refractivity contribution < 1.29 is 23.2 Å². The van der Waals surface area contributed by atoms with Gasteiger partial charge in [0.1, 0.15) is 16.4 Å². The van der Waals surface area contributed by atoms with Gasteiger partial charge in [0.25, 0.3) is 0 Å². The van der Waals surface area contributed by atoms with E-state index in [-0.39, 0.29) is 31.1 Å². The third-order valence-corrected chi connectivity index (χ3v) is 6.16. The number of β-lactam (4-membered cyclic amide) rings is 1. The zero-order chi connectivity index (χ0) is 16.6. The van der Waals surface area contributed by atoms with E-state index in [1.165, 1.54) is 4.90 Å². The Kier molecular flexibility index (Phi) is 4.34. The zero-order valence-electron chi connectivity index (χ0n) is 12.2. The summed E-state index contributed by atoms with van der Waals surface area (Å²) in [6.07, 6.45) is 0.267. The van der Waals surface area contributed by atoms with Crippen LogP contribution in [0.5, 0.6) is 0 Å². The number of hydrogen-bond donors (Lipinski definition) is 0. The summed E-state index contributed by atoms with van der Waals surface area (Å²) >= 11 is 0. The lowest BCUT2D eigenvalue weighted by Gasteiger charge is -2.40. The second kappa shape index (κ2) is 6.27. The number of nitrogens with zero attached hydrogens (tertiary/aromatic N) is 1. The highest BCUT2D eigenvalue weighted by Crippen LogP contribution is 2.39. The Hall–Kier alpha value is -1.96. The van der Waals surface area contributed by atoms with Crippen molar-refractivity contribution in [2.45, 2.75) is 23.5 Å². The lowest BCUT2D eigenvalue weighted by Crippen LogP contribution is -2.59. The van der Waals surface area contributed by atoms with E-state index in [4.69, 9.17) is 8.05 Å². The van der Waals surface area contributed by atoms with Crippen LogP contribution >= 0.6 is 0 Å². The second-order valence-electron chi connectivity index (χ2n) is 5.65. The number of hydrogen-bond acceptors (Lipinski definition) is 5. The van der Waals surface area contributed by atoms with E-state index in [9.17, 15) is 18.6 Å². The summed E-state index contributed by atoms with van der Waals surface area (Å²) in [6, 6.07) is 9.23. The molecule has 6 nitrogen and oxygen atoms in total. The van der Waals surface area contributed by atoms with E-state index in [0.717, 1.165) is 5.56 Å². The fourth-order valence-corrected chi connectivity index (χ4v) is 4.94. The third-order valence-electron chi connectivity index (χ3n) is 4.20. The van der Waals surface area contributed by atoms with Crippen molar-refractivity contribution >= 4 is 36.5 Å². The molecule has 0 aliphatic carbocycles. The Balaban J connectivity index is 1.64. The van der Waals surface area contributed by atoms with E-state index in [1.807, 2.05) is 30.3 Å². The normalized spacial score (nSPS) is 28.9. The van der Waals surface area contributed by atoms with Gasteiger partial charge in [-0.2, -0.15) is 0 Å². The van der Waals surface area contributed by atoms with Crippen molar-refractivity contribution in [2.75, 3.05) is 6.54 Å². The zero-order valence-corrected chi connectivity index (χ0v) is 13.0. The minimum Gasteiger partial charge on any atom is -0.542 e. The van der Waals surface area contributed by atoms with Crippen molar-refractivity contribution in [2.24, 2.45) is 5.92 Å². The first-order chi connectivity index (χ1) is 11.0. The summed E-state index contributed by atoms with van der Waals surface area (Å²) in [5.41, 5.74) is 0.873. The Labute approximate surface area is 137 Å². The summed E-state index contributed by atoms with van der Waals surface area (Å²) in [7, 11) is 3.23. The van der Waals surface area contributed by atoms with Gasteiger partial charge in [-0.25, -0.2) is 0 Å². The Morgan fingerprint density at radius 1 is 1.30 bits per heavy atom. The van der Waals surface area contributed by atoms with Crippen LogP contribution in [0.15, 0.2) is 30.3 Å². The molecule has 2 aliphatic heterocycles. The molecule has 4 atom stereocenters. The van der Waals surface area contributed by atoms with Crippen LogP contribution in [-0.4, -0.2) is 52.0 Å². The van der Waals surface area contributed by atoms with Gasteiger partial charge in [-0.05, 0) is 5.56 Å². The molecule has 2 heterocycles. The van der Waals surface area contributed by atoms with Crippen LogP contribution in [-0.2, 0) is 36.3 Å². The number of fused-ring (bicyclic) bond motifs is 1. The molecule has 0 spiro atoms. The van der Waals surface area contributed by atoms with Gasteiger partial charge in [-0.3, -0.25) is 18.6 Å². The molecule has 0 aromatic heterocycles. The SMILES string of the molecule is [B]OC(=O)C1CN2C(=O)C(CC(=O)Cc3ccccc3)[C@H]2S1=O. The maximum absolute atomic E-state index is 12.3. The molecule has 8 heteroatoms. The lowest BCUT2D eigenvalue weighted by molar-refractivity contribution is -0.151. The topological polar surface area (TPSA) is 80.8 Å². The molecule has 0 N–H and O–H groups in total. The van der Waals surface area contributed by atoms with Crippen molar-refractivity contribution in [1.82, 2.24) is 4.90 Å². The molecule has 2 fully saturated rings. The number of Topliss-reactive ketones (excluding diaryl/α,β-unsaturated/α-hetero) is 1. The number of carbonyl (C=O) groups is 3. The number of carbonyl (C=O) groups excluding carboxylic acids is 3. The van der Waals surface area contributed by atoms with Crippen LogP contribution in [0.2, 0.25) is 0 Å². The van der Waals surface area contributed by atoms with Crippen molar-refractivity contribution in [1.29, 1.82) is 0 Å². The molecule has 0 bridgehead atoms. The molecule has 0 saturated carbocycles. The average Bonchev–Trinajstić information content (AvgIpc) is 2.86. The van der Waals surface area contributed by atoms with Gasteiger partial charge in [0, 0.05) is 19.4 Å². The molecule has 1 aromatic rings. The van der Waals surface area contributed by atoms with Crippen molar-refractivity contribution in [3.05, 3.63) is 35.9 Å². The molecule has 2 aliphatic rings. The molecular weight excluding hydrogens is 317 g/mol. The molecule has 23 heavy (non-hydrogen) atoms. The molecule has 2 radical (unpaired) electrons. The summed E-state index contributed by atoms with van der Waals surface area (Å²) < 4.78 is 16.4. The molecular formula is C15H14BNO5S. The first-order valence-corrected chi connectivity index (χ1v) is 8.46. The van der Waals surface area contributed by atoms with Gasteiger partial charge in [0.15, 0.2) is 0 Å². The quantitative estimate of drug-likeness (QED) is 0.548. The van der Waals surface area contributed by atoms with Crippen molar-refractivity contribution in [3.8, 4) is 0 Å². The summed E-state index contributed by atoms with van der Waals surface area (Å²) in [4.78, 5) is 37.1. The molecule has 118 valence electrons. The molecule has 3 rings (SSSR count). The number of benzene rings is 1. The minimum absolute atomic E-state index is 0.0328. The van der Waals surface area contributed by atoms with E-state index in [2.05, 4.69) is 4.65 Å². The Morgan fingerprint density at radius 3 is 2.65 bits per heavy atom. The van der Waals surface area contributed by atoms with Gasteiger partial charge in [-0.1, -0.05) is 30.3 Å². The summed E-state index contributed by atoms with van der Waals surface area (Å²) in [5.74, 6) is -1.74. The largest absolute Gasteiger partial charge is 0.542 e. The van der Waals surface area contributed by atoms with Gasteiger partial charge >= 0.3 is 14.0 Å². The Bertz CT molecular complexity index is 680. The van der Waals surface area contributed by atoms with E-state index in [0.29, 0.717) is 0 Å². The van der Waals surface area contributed by atoms with E-state index < -0.39 is 33.3 Å². The average molecular weight is 331 g/mol. The number of rotatable bonds is 5. The van der Waals surface area contributed by atoms with Crippen molar-refractivity contribution in [3.63, 3.8) is 0 Å². The van der Waals surface area contributed by atoms with E-state index in [1.54, 1.807) is 0 Å². The number of ketones is 1. The van der Waals surface area contributed by atoms with Gasteiger partial charge < -0.3 is 9.55 Å². The highest BCUT2D eigenvalue weighted by atomic mass is 32.2. The highest BCUT2D eigenvalue weighted by Gasteiger charge is 2.59. The van der Waals surface area contributed by atoms with Gasteiger partial charge in [0.2, 0.25) is 5.91 Å². The molecule has 1 aromatic carbocycles. The molecule has 2 saturated heterocycles. The van der Waals surface area contributed by atoms with Gasteiger partial charge in [0.05, 0.1) is 16.7 Å². The smallest absolute Gasteiger partial charge is 0.378 e. The predicted molar refractivity (Wildman–Crippen MR) is 82.5 cm³/mol. The monoisotopic (exact) mass is 331 g/mol. The van der Waals surface area contributed by atoms with Gasteiger partial charge in [-0.15, -0.1) is 0 Å². The first kappa shape index (κ1) is 15.9. The van der Waals surface area contributed by atoms with Crippen LogP contribution in [0.25, 0.3) is 0 Å². The number of amides is 1. The van der Waals surface area contributed by atoms with Crippen LogP contribution in [0.1, 0.15) is 12.0 Å². The third kappa shape index (κ3) is 2.83. The lowest BCUT2D eigenvalue weighted by atomic mass is 9.90. The van der Waals surface area contributed by atoms with Crippen LogP contribution < -0.4 is 0 Å². The summed E-state index contributed by atoms with van der Waals surface area (Å²) in [6.45, 7) is 0.0372. The Morgan fingerprint density at radius 2 is 2.00 bits per heavy atom. The fourth-order valence-electron chi connectivity index (χ4n) is 3.07. The maximum atomic E-state index is 12.3. The summed E-state index contributed by atoms with van der Waals surface area (Å²) in [5, 5.41) is -1.52. The minimum atomic E-state index is -1.59. The predicted octanol–water partition coefficient (Wildman–Crippen LogP) is -0.270. The van der Waals surface area contributed by atoms with Crippen LogP contribution in [0, 0.1) is 5.92 Å². The second-order valence-corrected chi connectivity index (χ2v) is 7.36. The highest BCUT2D eigenvalue weighted by molar-refractivity contribution is 7.87. The molecule has 1 amide bonds.